The van der Waals surface area contributed by atoms with Gasteiger partial charge in [-0.15, -0.1) is 0 Å². The van der Waals surface area contributed by atoms with Crippen LogP contribution in [0, 0.1) is 6.92 Å². The number of fused-ring (bicyclic) bond motifs is 1. The van der Waals surface area contributed by atoms with Crippen LogP contribution in [-0.2, 0) is 4.74 Å². The van der Waals surface area contributed by atoms with Gasteiger partial charge >= 0.3 is 5.97 Å². The maximum absolute atomic E-state index is 12.5. The number of hydrogen-bond donors (Lipinski definition) is 1. The zero-order valence-electron chi connectivity index (χ0n) is 11.6. The largest absolute Gasteiger partial charge is 0.477 e. The molecule has 0 spiro atoms. The molecule has 1 saturated heterocycles. The zero-order valence-corrected chi connectivity index (χ0v) is 11.6. The Morgan fingerprint density at radius 2 is 2.10 bits per heavy atom. The Balaban J connectivity index is 2.30. The second kappa shape index (κ2) is 5.17. The van der Waals surface area contributed by atoms with Gasteiger partial charge in [-0.2, -0.15) is 0 Å². The molecule has 0 aliphatic carbocycles. The van der Waals surface area contributed by atoms with Crippen LogP contribution in [-0.4, -0.2) is 46.8 Å². The standard InChI is InChI=1S/C14H15N3O4/c1-9-3-2-4-17-11(9)15-12(10(13(17)18)14(19)20)16-5-7-21-8-6-16/h2-4H,5-8H2,1H3,(H,19,20). The molecular weight excluding hydrogens is 274 g/mol. The third-order valence-electron chi connectivity index (χ3n) is 3.55. The summed E-state index contributed by atoms with van der Waals surface area (Å²) in [5.41, 5.74) is 0.452. The molecule has 0 aromatic carbocycles. The van der Waals surface area contributed by atoms with Crippen LogP contribution in [0.5, 0.6) is 0 Å². The van der Waals surface area contributed by atoms with Crippen molar-refractivity contribution in [2.24, 2.45) is 0 Å². The summed E-state index contributed by atoms with van der Waals surface area (Å²) in [5.74, 6) is -1.03. The normalized spacial score (nSPS) is 15.4. The van der Waals surface area contributed by atoms with Crippen LogP contribution in [0.25, 0.3) is 5.65 Å². The van der Waals surface area contributed by atoms with Crippen LogP contribution in [0.1, 0.15) is 15.9 Å². The van der Waals surface area contributed by atoms with Crippen molar-refractivity contribution in [1.29, 1.82) is 0 Å². The number of rotatable bonds is 2. The average Bonchev–Trinajstić information content (AvgIpc) is 2.48. The van der Waals surface area contributed by atoms with Crippen molar-refractivity contribution in [3.63, 3.8) is 0 Å². The molecule has 2 aromatic rings. The van der Waals surface area contributed by atoms with E-state index in [1.165, 1.54) is 10.6 Å². The SMILES string of the molecule is Cc1cccn2c(=O)c(C(=O)O)c(N3CCOCC3)nc12. The van der Waals surface area contributed by atoms with Crippen molar-refractivity contribution >= 4 is 17.4 Å². The molecule has 7 heteroatoms. The number of carbonyl (C=O) groups is 1. The Bertz CT molecular complexity index is 763. The number of ether oxygens (including phenoxy) is 1. The van der Waals surface area contributed by atoms with E-state index in [9.17, 15) is 14.7 Å². The number of aromatic nitrogens is 2. The second-order valence-corrected chi connectivity index (χ2v) is 4.90. The molecule has 0 saturated carbocycles. The van der Waals surface area contributed by atoms with Gasteiger partial charge in [-0.05, 0) is 18.6 Å². The molecule has 1 N–H and O–H groups in total. The Hall–Kier alpha value is -2.41. The molecule has 0 unspecified atom stereocenters. The minimum Gasteiger partial charge on any atom is -0.477 e. The van der Waals surface area contributed by atoms with Gasteiger partial charge in [0.25, 0.3) is 5.56 Å². The predicted octanol–water partition coefficient (Wildman–Crippen LogP) is 0.538. The monoisotopic (exact) mass is 289 g/mol. The van der Waals surface area contributed by atoms with Gasteiger partial charge in [0.1, 0.15) is 5.65 Å². The third kappa shape index (κ3) is 2.25. The lowest BCUT2D eigenvalue weighted by atomic mass is 10.2. The topological polar surface area (TPSA) is 84.1 Å². The summed E-state index contributed by atoms with van der Waals surface area (Å²) >= 11 is 0. The fourth-order valence-corrected chi connectivity index (χ4v) is 2.48. The summed E-state index contributed by atoms with van der Waals surface area (Å²) in [6.45, 7) is 3.87. The number of nitrogens with zero attached hydrogens (tertiary/aromatic N) is 3. The Kier molecular flexibility index (Phi) is 3.34. The van der Waals surface area contributed by atoms with E-state index in [0.29, 0.717) is 32.0 Å². The van der Waals surface area contributed by atoms with Crippen molar-refractivity contribution in [3.8, 4) is 0 Å². The Morgan fingerprint density at radius 1 is 1.38 bits per heavy atom. The molecule has 0 amide bonds. The maximum atomic E-state index is 12.5. The Labute approximate surface area is 120 Å². The summed E-state index contributed by atoms with van der Waals surface area (Å²) in [6, 6.07) is 3.54. The molecule has 1 aliphatic heterocycles. The van der Waals surface area contributed by atoms with Crippen molar-refractivity contribution in [3.05, 3.63) is 39.8 Å². The zero-order chi connectivity index (χ0) is 15.0. The van der Waals surface area contributed by atoms with Crippen LogP contribution < -0.4 is 10.5 Å². The molecule has 110 valence electrons. The van der Waals surface area contributed by atoms with E-state index in [-0.39, 0.29) is 11.4 Å². The van der Waals surface area contributed by atoms with Gasteiger partial charge < -0.3 is 14.7 Å². The van der Waals surface area contributed by atoms with Gasteiger partial charge in [0.15, 0.2) is 11.4 Å². The minimum atomic E-state index is -1.26. The first kappa shape index (κ1) is 13.6. The number of carboxylic acids is 1. The lowest BCUT2D eigenvalue weighted by Crippen LogP contribution is -2.40. The number of morpholine rings is 1. The summed E-state index contributed by atoms with van der Waals surface area (Å²) in [7, 11) is 0. The average molecular weight is 289 g/mol. The van der Waals surface area contributed by atoms with Crippen LogP contribution in [0.2, 0.25) is 0 Å². The van der Waals surface area contributed by atoms with E-state index in [2.05, 4.69) is 4.98 Å². The predicted molar refractivity (Wildman–Crippen MR) is 76.2 cm³/mol. The van der Waals surface area contributed by atoms with E-state index < -0.39 is 11.5 Å². The van der Waals surface area contributed by atoms with E-state index in [1.807, 2.05) is 13.0 Å². The number of hydrogen-bond acceptors (Lipinski definition) is 5. The van der Waals surface area contributed by atoms with Gasteiger partial charge in [-0.25, -0.2) is 9.78 Å². The van der Waals surface area contributed by atoms with Crippen LogP contribution in [0.15, 0.2) is 23.1 Å². The first-order valence-corrected chi connectivity index (χ1v) is 6.67. The molecule has 21 heavy (non-hydrogen) atoms. The third-order valence-corrected chi connectivity index (χ3v) is 3.55. The summed E-state index contributed by atoms with van der Waals surface area (Å²) < 4.78 is 6.54. The van der Waals surface area contributed by atoms with Gasteiger partial charge in [0.05, 0.1) is 13.2 Å². The highest BCUT2D eigenvalue weighted by molar-refractivity contribution is 5.93. The van der Waals surface area contributed by atoms with Crippen LogP contribution in [0.3, 0.4) is 0 Å². The van der Waals surface area contributed by atoms with E-state index in [0.717, 1.165) is 5.56 Å². The molecule has 0 atom stereocenters. The molecule has 3 rings (SSSR count). The second-order valence-electron chi connectivity index (χ2n) is 4.90. The summed E-state index contributed by atoms with van der Waals surface area (Å²) in [5, 5.41) is 9.39. The van der Waals surface area contributed by atoms with Gasteiger partial charge in [0.2, 0.25) is 0 Å². The first-order valence-electron chi connectivity index (χ1n) is 6.67. The molecule has 1 fully saturated rings. The highest BCUT2D eigenvalue weighted by Gasteiger charge is 2.25. The van der Waals surface area contributed by atoms with Crippen molar-refractivity contribution in [1.82, 2.24) is 9.38 Å². The molecule has 2 aromatic heterocycles. The molecule has 0 radical (unpaired) electrons. The van der Waals surface area contributed by atoms with Crippen LogP contribution in [0.4, 0.5) is 5.82 Å². The fraction of sp³-hybridized carbons (Fsp3) is 0.357. The number of aryl methyl sites for hydroxylation is 1. The van der Waals surface area contributed by atoms with Crippen LogP contribution >= 0.6 is 0 Å². The lowest BCUT2D eigenvalue weighted by molar-refractivity contribution is 0.0693. The number of anilines is 1. The van der Waals surface area contributed by atoms with Crippen molar-refractivity contribution in [2.45, 2.75) is 6.92 Å². The van der Waals surface area contributed by atoms with E-state index in [4.69, 9.17) is 4.74 Å². The minimum absolute atomic E-state index is 0.227. The molecule has 1 aliphatic rings. The molecule has 7 nitrogen and oxygen atoms in total. The number of pyridine rings is 1. The molecule has 0 bridgehead atoms. The lowest BCUT2D eigenvalue weighted by Gasteiger charge is -2.28. The first-order chi connectivity index (χ1) is 10.1. The van der Waals surface area contributed by atoms with E-state index >= 15 is 0 Å². The quantitative estimate of drug-likeness (QED) is 0.868. The maximum Gasteiger partial charge on any atom is 0.345 e. The van der Waals surface area contributed by atoms with Crippen molar-refractivity contribution in [2.75, 3.05) is 31.2 Å². The highest BCUT2D eigenvalue weighted by Crippen LogP contribution is 2.19. The number of carboxylic acid groups (broad SMARTS) is 1. The molecular formula is C14H15N3O4. The molecule has 3 heterocycles. The van der Waals surface area contributed by atoms with Gasteiger partial charge in [-0.3, -0.25) is 9.20 Å². The Morgan fingerprint density at radius 3 is 2.76 bits per heavy atom. The highest BCUT2D eigenvalue weighted by atomic mass is 16.5. The number of aromatic carboxylic acids is 1. The van der Waals surface area contributed by atoms with Gasteiger partial charge in [-0.1, -0.05) is 6.07 Å². The summed E-state index contributed by atoms with van der Waals surface area (Å²) in [6.07, 6.45) is 1.53. The van der Waals surface area contributed by atoms with Crippen molar-refractivity contribution < 1.29 is 14.6 Å². The smallest absolute Gasteiger partial charge is 0.345 e. The van der Waals surface area contributed by atoms with E-state index in [1.54, 1.807) is 11.0 Å². The fourth-order valence-electron chi connectivity index (χ4n) is 2.48. The van der Waals surface area contributed by atoms with Gasteiger partial charge in [0, 0.05) is 19.3 Å². The summed E-state index contributed by atoms with van der Waals surface area (Å²) in [4.78, 5) is 30.2.